The zero-order chi connectivity index (χ0) is 14.1. The van der Waals surface area contributed by atoms with Gasteiger partial charge in [0.15, 0.2) is 0 Å². The van der Waals surface area contributed by atoms with Crippen molar-refractivity contribution in [3.8, 4) is 0 Å². The number of fused-ring (bicyclic) bond motifs is 1. The molecule has 1 N–H and O–H groups in total. The molecular weight excluding hydrogens is 357 g/mol. The molecule has 1 aromatic carbocycles. The van der Waals surface area contributed by atoms with Crippen LogP contribution in [0.25, 0.3) is 0 Å². The first kappa shape index (κ1) is 14.6. The molecule has 0 amide bonds. The van der Waals surface area contributed by atoms with Crippen LogP contribution in [0.3, 0.4) is 0 Å². The summed E-state index contributed by atoms with van der Waals surface area (Å²) in [6.07, 6.45) is 1.04. The molecule has 1 aromatic heterocycles. The Morgan fingerprint density at radius 3 is 3.00 bits per heavy atom. The summed E-state index contributed by atoms with van der Waals surface area (Å²) in [4.78, 5) is 2.49. The molecule has 2 aromatic rings. The fourth-order valence-corrected chi connectivity index (χ4v) is 5.37. The lowest BCUT2D eigenvalue weighted by Crippen LogP contribution is -2.27. The van der Waals surface area contributed by atoms with Crippen molar-refractivity contribution in [2.45, 2.75) is 30.3 Å². The number of hydrogen-bond donors (Lipinski definition) is 1. The molecule has 0 radical (unpaired) electrons. The lowest BCUT2D eigenvalue weighted by atomic mass is 10.0. The van der Waals surface area contributed by atoms with Gasteiger partial charge in [0.25, 0.3) is 0 Å². The van der Waals surface area contributed by atoms with E-state index in [1.165, 1.54) is 9.77 Å². The van der Waals surface area contributed by atoms with E-state index in [0.29, 0.717) is 0 Å². The maximum absolute atomic E-state index is 13.5. The van der Waals surface area contributed by atoms with E-state index in [1.807, 2.05) is 17.8 Å². The summed E-state index contributed by atoms with van der Waals surface area (Å²) < 4.78 is 14.6. The van der Waals surface area contributed by atoms with E-state index in [2.05, 4.69) is 39.6 Å². The zero-order valence-electron chi connectivity index (χ0n) is 11.0. The Labute approximate surface area is 135 Å². The van der Waals surface area contributed by atoms with E-state index in [-0.39, 0.29) is 17.9 Å². The van der Waals surface area contributed by atoms with Crippen LogP contribution in [0.1, 0.15) is 35.9 Å². The highest BCUT2D eigenvalue weighted by Gasteiger charge is 2.23. The molecule has 2 atom stereocenters. The first-order valence-corrected chi connectivity index (χ1v) is 9.22. The highest BCUT2D eigenvalue weighted by atomic mass is 79.9. The number of benzene rings is 1. The average molecular weight is 372 g/mol. The summed E-state index contributed by atoms with van der Waals surface area (Å²) in [7, 11) is 0. The van der Waals surface area contributed by atoms with Gasteiger partial charge in [-0.15, -0.1) is 23.1 Å². The molecule has 5 heteroatoms. The van der Waals surface area contributed by atoms with Gasteiger partial charge < -0.3 is 5.32 Å². The minimum absolute atomic E-state index is 0.150. The van der Waals surface area contributed by atoms with Gasteiger partial charge in [-0.25, -0.2) is 4.39 Å². The Balaban J connectivity index is 1.83. The number of hydrogen-bond acceptors (Lipinski definition) is 3. The second-order valence-electron chi connectivity index (χ2n) is 4.89. The Bertz CT molecular complexity index is 614. The Morgan fingerprint density at radius 2 is 2.25 bits per heavy atom. The second-order valence-corrected chi connectivity index (χ2v) is 7.83. The van der Waals surface area contributed by atoms with E-state index >= 15 is 0 Å². The van der Waals surface area contributed by atoms with E-state index in [0.717, 1.165) is 22.2 Å². The van der Waals surface area contributed by atoms with Crippen molar-refractivity contribution in [1.29, 1.82) is 0 Å². The molecule has 2 unspecified atom stereocenters. The highest BCUT2D eigenvalue weighted by Crippen LogP contribution is 2.38. The molecule has 0 saturated heterocycles. The molecule has 0 spiro atoms. The molecule has 2 heterocycles. The van der Waals surface area contributed by atoms with Crippen LogP contribution in [-0.4, -0.2) is 5.75 Å². The fraction of sp³-hybridized carbons (Fsp3) is 0.333. The lowest BCUT2D eigenvalue weighted by molar-refractivity contribution is 0.451. The van der Waals surface area contributed by atoms with Gasteiger partial charge in [0, 0.05) is 26.3 Å². The van der Waals surface area contributed by atoms with Gasteiger partial charge in [-0.1, -0.05) is 0 Å². The average Bonchev–Trinajstić information content (AvgIpc) is 2.86. The van der Waals surface area contributed by atoms with Crippen molar-refractivity contribution >= 4 is 39.0 Å². The molecule has 20 heavy (non-hydrogen) atoms. The molecule has 0 aliphatic carbocycles. The van der Waals surface area contributed by atoms with Crippen molar-refractivity contribution in [2.24, 2.45) is 0 Å². The van der Waals surface area contributed by atoms with Crippen LogP contribution in [0.5, 0.6) is 0 Å². The minimum Gasteiger partial charge on any atom is -0.302 e. The third-order valence-electron chi connectivity index (χ3n) is 3.50. The van der Waals surface area contributed by atoms with Crippen molar-refractivity contribution in [1.82, 2.24) is 5.32 Å². The summed E-state index contributed by atoms with van der Waals surface area (Å²) >= 11 is 7.14. The van der Waals surface area contributed by atoms with E-state index in [4.69, 9.17) is 0 Å². The van der Waals surface area contributed by atoms with Crippen molar-refractivity contribution in [2.75, 3.05) is 5.75 Å². The van der Waals surface area contributed by atoms with Crippen molar-refractivity contribution < 1.29 is 4.39 Å². The van der Waals surface area contributed by atoms with Crippen LogP contribution in [0.4, 0.5) is 4.39 Å². The zero-order valence-corrected chi connectivity index (χ0v) is 14.2. The smallest absolute Gasteiger partial charge is 0.123 e. The van der Waals surface area contributed by atoms with Crippen molar-refractivity contribution in [3.05, 3.63) is 50.4 Å². The maximum Gasteiger partial charge on any atom is 0.123 e. The number of thiophene rings is 1. The minimum atomic E-state index is -0.150. The molecule has 3 rings (SSSR count). The van der Waals surface area contributed by atoms with Crippen molar-refractivity contribution in [3.63, 3.8) is 0 Å². The van der Waals surface area contributed by atoms with Crippen LogP contribution in [-0.2, 0) is 0 Å². The first-order chi connectivity index (χ1) is 9.65. The van der Waals surface area contributed by atoms with E-state index < -0.39 is 0 Å². The van der Waals surface area contributed by atoms with Gasteiger partial charge in [0.1, 0.15) is 5.82 Å². The lowest BCUT2D eigenvalue weighted by Gasteiger charge is -2.28. The Hall–Kier alpha value is -0.360. The SMILES string of the molecule is CC(NC1CCSc2ccc(F)cc21)c1sccc1Br. The summed E-state index contributed by atoms with van der Waals surface area (Å²) in [5.74, 6) is 0.928. The van der Waals surface area contributed by atoms with Gasteiger partial charge in [-0.3, -0.25) is 0 Å². The Morgan fingerprint density at radius 1 is 1.40 bits per heavy atom. The summed E-state index contributed by atoms with van der Waals surface area (Å²) in [5.41, 5.74) is 1.10. The predicted molar refractivity (Wildman–Crippen MR) is 88.1 cm³/mol. The van der Waals surface area contributed by atoms with Crippen LogP contribution < -0.4 is 5.32 Å². The normalized spacial score (nSPS) is 19.6. The van der Waals surface area contributed by atoms with Gasteiger partial charge >= 0.3 is 0 Å². The van der Waals surface area contributed by atoms with E-state index in [1.54, 1.807) is 23.5 Å². The molecule has 1 nitrogen and oxygen atoms in total. The summed E-state index contributed by atoms with van der Waals surface area (Å²) in [6.45, 7) is 2.16. The van der Waals surface area contributed by atoms with Gasteiger partial charge in [0.05, 0.1) is 0 Å². The topological polar surface area (TPSA) is 12.0 Å². The van der Waals surface area contributed by atoms with Crippen LogP contribution in [0.15, 0.2) is 39.0 Å². The summed E-state index contributed by atoms with van der Waals surface area (Å²) in [6, 6.07) is 7.68. The molecule has 1 aliphatic rings. The Kier molecular flexibility index (Phi) is 4.50. The van der Waals surface area contributed by atoms with Gasteiger partial charge in [-0.2, -0.15) is 0 Å². The third kappa shape index (κ3) is 2.96. The summed E-state index contributed by atoms with van der Waals surface area (Å²) in [5, 5.41) is 5.73. The van der Waals surface area contributed by atoms with Crippen LogP contribution in [0.2, 0.25) is 0 Å². The van der Waals surface area contributed by atoms with Crippen LogP contribution >= 0.6 is 39.0 Å². The van der Waals surface area contributed by atoms with Gasteiger partial charge in [0.2, 0.25) is 0 Å². The monoisotopic (exact) mass is 371 g/mol. The second kappa shape index (κ2) is 6.18. The molecule has 0 saturated carbocycles. The van der Waals surface area contributed by atoms with E-state index in [9.17, 15) is 4.39 Å². The molecule has 0 bridgehead atoms. The highest BCUT2D eigenvalue weighted by molar-refractivity contribution is 9.10. The number of thioether (sulfide) groups is 1. The molecule has 106 valence electrons. The largest absolute Gasteiger partial charge is 0.302 e. The van der Waals surface area contributed by atoms with Crippen LogP contribution in [0, 0.1) is 5.82 Å². The standard InChI is InChI=1S/C15H15BrFNS2/c1-9(15-12(16)4-6-20-15)18-13-5-7-19-14-3-2-10(17)8-11(13)14/h2-4,6,8-9,13,18H,5,7H2,1H3. The number of rotatable bonds is 3. The van der Waals surface area contributed by atoms with Gasteiger partial charge in [-0.05, 0) is 70.2 Å². The quantitative estimate of drug-likeness (QED) is 0.760. The number of nitrogens with one attached hydrogen (secondary N) is 1. The first-order valence-electron chi connectivity index (χ1n) is 6.56. The molecule has 1 aliphatic heterocycles. The molecule has 0 fully saturated rings. The predicted octanol–water partition coefficient (Wildman–Crippen LogP) is 5.54. The fourth-order valence-electron chi connectivity index (χ4n) is 2.53. The molecular formula is C15H15BrFNS2. The third-order valence-corrected chi connectivity index (χ3v) is 6.68. The maximum atomic E-state index is 13.5. The number of halogens is 2.